The van der Waals surface area contributed by atoms with Crippen LogP contribution in [-0.4, -0.2) is 30.2 Å². The van der Waals surface area contributed by atoms with E-state index in [0.717, 1.165) is 12.1 Å². The maximum atomic E-state index is 12.1. The lowest BCUT2D eigenvalue weighted by Gasteiger charge is -2.19. The molecule has 0 spiro atoms. The number of hydrogen-bond acceptors (Lipinski definition) is 5. The lowest BCUT2D eigenvalue weighted by molar-refractivity contribution is -0.384. The van der Waals surface area contributed by atoms with Gasteiger partial charge in [-0.15, -0.1) is 0 Å². The molecule has 0 bridgehead atoms. The van der Waals surface area contributed by atoms with E-state index in [-0.39, 0.29) is 23.7 Å². The molecule has 0 aliphatic carbocycles. The highest BCUT2D eigenvalue weighted by molar-refractivity contribution is 5.96. The molecule has 1 aromatic rings. The summed E-state index contributed by atoms with van der Waals surface area (Å²) in [6.45, 7) is -1.74. The van der Waals surface area contributed by atoms with Crippen LogP contribution in [0.25, 0.3) is 0 Å². The SMILES string of the molecule is O=C1COc2cc([N+](=O)[O-])c(NCC(F)(F)F)cc2N1. The summed E-state index contributed by atoms with van der Waals surface area (Å²) in [6, 6.07) is 2.00. The highest BCUT2D eigenvalue weighted by Crippen LogP contribution is 2.38. The third kappa shape index (κ3) is 3.08. The highest BCUT2D eigenvalue weighted by Gasteiger charge is 2.29. The summed E-state index contributed by atoms with van der Waals surface area (Å²) < 4.78 is 41.4. The van der Waals surface area contributed by atoms with Crippen LogP contribution in [0, 0.1) is 10.1 Å². The quantitative estimate of drug-likeness (QED) is 0.655. The van der Waals surface area contributed by atoms with Crippen LogP contribution in [0.1, 0.15) is 0 Å². The number of amides is 1. The number of carbonyl (C=O) groups is 1. The monoisotopic (exact) mass is 291 g/mol. The number of ether oxygens (including phenoxy) is 1. The zero-order chi connectivity index (χ0) is 14.9. The Balaban J connectivity index is 2.35. The lowest BCUT2D eigenvalue weighted by Crippen LogP contribution is -2.26. The van der Waals surface area contributed by atoms with Gasteiger partial charge in [-0.25, -0.2) is 0 Å². The predicted molar refractivity (Wildman–Crippen MR) is 61.8 cm³/mol. The third-order valence-electron chi connectivity index (χ3n) is 2.41. The van der Waals surface area contributed by atoms with Crippen molar-refractivity contribution in [1.82, 2.24) is 0 Å². The van der Waals surface area contributed by atoms with Gasteiger partial charge in [0.2, 0.25) is 0 Å². The topological polar surface area (TPSA) is 93.5 Å². The van der Waals surface area contributed by atoms with Crippen molar-refractivity contribution in [1.29, 1.82) is 0 Å². The first kappa shape index (κ1) is 13.9. The smallest absolute Gasteiger partial charge is 0.405 e. The standard InChI is InChI=1S/C10H8F3N3O4/c11-10(12,13)4-14-5-1-6-8(2-7(5)16(18)19)20-3-9(17)15-6/h1-2,14H,3-4H2,(H,15,17). The Morgan fingerprint density at radius 3 is 2.75 bits per heavy atom. The molecule has 0 saturated heterocycles. The van der Waals surface area contributed by atoms with E-state index in [4.69, 9.17) is 4.74 Å². The zero-order valence-electron chi connectivity index (χ0n) is 9.78. The number of carbonyl (C=O) groups excluding carboxylic acids is 1. The maximum Gasteiger partial charge on any atom is 0.405 e. The molecule has 0 radical (unpaired) electrons. The molecular formula is C10H8F3N3O4. The molecule has 0 unspecified atom stereocenters. The summed E-state index contributed by atoms with van der Waals surface area (Å²) in [5.74, 6) is -0.456. The van der Waals surface area contributed by atoms with Crippen LogP contribution in [0.15, 0.2) is 12.1 Å². The van der Waals surface area contributed by atoms with Crippen LogP contribution in [0.2, 0.25) is 0 Å². The number of benzene rings is 1. The molecule has 1 heterocycles. The summed E-state index contributed by atoms with van der Waals surface area (Å²) in [4.78, 5) is 21.1. The average molecular weight is 291 g/mol. The summed E-state index contributed by atoms with van der Waals surface area (Å²) in [7, 11) is 0. The van der Waals surface area contributed by atoms with E-state index in [1.54, 1.807) is 0 Å². The fraction of sp³-hybridized carbons (Fsp3) is 0.300. The van der Waals surface area contributed by atoms with Crippen molar-refractivity contribution in [2.75, 3.05) is 23.8 Å². The Bertz CT molecular complexity index is 574. The van der Waals surface area contributed by atoms with Crippen LogP contribution in [0.3, 0.4) is 0 Å². The van der Waals surface area contributed by atoms with E-state index < -0.39 is 29.2 Å². The zero-order valence-corrected chi connectivity index (χ0v) is 9.78. The normalized spacial score (nSPS) is 14.1. The van der Waals surface area contributed by atoms with Crippen molar-refractivity contribution >= 4 is 23.0 Å². The van der Waals surface area contributed by atoms with E-state index in [1.807, 2.05) is 5.32 Å². The van der Waals surface area contributed by atoms with Crippen molar-refractivity contribution < 1.29 is 27.6 Å². The molecule has 20 heavy (non-hydrogen) atoms. The van der Waals surface area contributed by atoms with Crippen LogP contribution in [-0.2, 0) is 4.79 Å². The van der Waals surface area contributed by atoms with Gasteiger partial charge in [0.25, 0.3) is 11.6 Å². The third-order valence-corrected chi connectivity index (χ3v) is 2.41. The molecule has 7 nitrogen and oxygen atoms in total. The van der Waals surface area contributed by atoms with Gasteiger partial charge in [-0.1, -0.05) is 0 Å². The number of nitro groups is 1. The Morgan fingerprint density at radius 1 is 1.45 bits per heavy atom. The summed E-state index contributed by atoms with van der Waals surface area (Å²) in [5.41, 5.74) is -0.836. The van der Waals surface area contributed by atoms with Crippen molar-refractivity contribution in [3.63, 3.8) is 0 Å². The molecule has 1 aliphatic rings. The molecule has 0 aromatic heterocycles. The first-order chi connectivity index (χ1) is 9.26. The molecule has 1 aromatic carbocycles. The molecule has 1 aliphatic heterocycles. The van der Waals surface area contributed by atoms with Crippen LogP contribution >= 0.6 is 0 Å². The largest absolute Gasteiger partial charge is 0.481 e. The van der Waals surface area contributed by atoms with Crippen molar-refractivity contribution in [2.24, 2.45) is 0 Å². The number of nitrogens with one attached hydrogen (secondary N) is 2. The predicted octanol–water partition coefficient (Wildman–Crippen LogP) is 1.90. The lowest BCUT2D eigenvalue weighted by atomic mass is 10.2. The summed E-state index contributed by atoms with van der Waals surface area (Å²) >= 11 is 0. The molecule has 108 valence electrons. The second-order valence-electron chi connectivity index (χ2n) is 3.93. The fourth-order valence-corrected chi connectivity index (χ4v) is 1.60. The number of anilines is 2. The Kier molecular flexibility index (Phi) is 3.38. The van der Waals surface area contributed by atoms with Gasteiger partial charge in [-0.3, -0.25) is 14.9 Å². The minimum absolute atomic E-state index is 0.0360. The highest BCUT2D eigenvalue weighted by atomic mass is 19.4. The molecule has 0 atom stereocenters. The number of hydrogen-bond donors (Lipinski definition) is 2. The van der Waals surface area contributed by atoms with Gasteiger partial charge in [0.05, 0.1) is 16.7 Å². The molecule has 2 rings (SSSR count). The number of halogens is 3. The molecular weight excluding hydrogens is 283 g/mol. The number of nitro benzene ring substituents is 1. The van der Waals surface area contributed by atoms with Crippen molar-refractivity contribution in [3.8, 4) is 5.75 Å². The maximum absolute atomic E-state index is 12.1. The number of rotatable bonds is 3. The molecule has 1 amide bonds. The fourth-order valence-electron chi connectivity index (χ4n) is 1.60. The van der Waals surface area contributed by atoms with Gasteiger partial charge in [-0.2, -0.15) is 13.2 Å². The summed E-state index contributed by atoms with van der Waals surface area (Å²) in [5, 5.41) is 15.1. The Hall–Kier alpha value is -2.52. The Morgan fingerprint density at radius 2 is 2.15 bits per heavy atom. The van der Waals surface area contributed by atoms with Gasteiger partial charge >= 0.3 is 6.18 Å². The van der Waals surface area contributed by atoms with Gasteiger partial charge in [0.1, 0.15) is 12.2 Å². The molecule has 10 heteroatoms. The molecule has 2 N–H and O–H groups in total. The molecule has 0 saturated carbocycles. The van der Waals surface area contributed by atoms with Crippen molar-refractivity contribution in [2.45, 2.75) is 6.18 Å². The van der Waals surface area contributed by atoms with Crippen LogP contribution < -0.4 is 15.4 Å². The van der Waals surface area contributed by atoms with Gasteiger partial charge in [0.15, 0.2) is 12.4 Å². The minimum atomic E-state index is -4.52. The van der Waals surface area contributed by atoms with Gasteiger partial charge in [0, 0.05) is 0 Å². The van der Waals surface area contributed by atoms with E-state index in [0.29, 0.717) is 0 Å². The number of nitrogens with zero attached hydrogens (tertiary/aromatic N) is 1. The minimum Gasteiger partial charge on any atom is -0.481 e. The van der Waals surface area contributed by atoms with Crippen molar-refractivity contribution in [3.05, 3.63) is 22.2 Å². The van der Waals surface area contributed by atoms with Crippen LogP contribution in [0.5, 0.6) is 5.75 Å². The van der Waals surface area contributed by atoms with E-state index in [9.17, 15) is 28.1 Å². The van der Waals surface area contributed by atoms with Gasteiger partial charge < -0.3 is 15.4 Å². The van der Waals surface area contributed by atoms with Crippen LogP contribution in [0.4, 0.5) is 30.2 Å². The Labute approximate surface area is 109 Å². The second kappa shape index (κ2) is 4.87. The first-order valence-corrected chi connectivity index (χ1v) is 5.32. The first-order valence-electron chi connectivity index (χ1n) is 5.32. The molecule has 0 fully saturated rings. The summed E-state index contributed by atoms with van der Waals surface area (Å²) in [6.07, 6.45) is -4.52. The van der Waals surface area contributed by atoms with E-state index in [2.05, 4.69) is 5.32 Å². The average Bonchev–Trinajstić information content (AvgIpc) is 2.34. The number of fused-ring (bicyclic) bond motifs is 1. The van der Waals surface area contributed by atoms with Gasteiger partial charge in [-0.05, 0) is 6.07 Å². The second-order valence-corrected chi connectivity index (χ2v) is 3.93. The van der Waals surface area contributed by atoms with E-state index in [1.165, 1.54) is 0 Å². The van der Waals surface area contributed by atoms with E-state index >= 15 is 0 Å². The number of alkyl halides is 3.